The van der Waals surface area contributed by atoms with Crippen LogP contribution in [0.15, 0.2) is 0 Å². The van der Waals surface area contributed by atoms with Gasteiger partial charge in [0.1, 0.15) is 0 Å². The van der Waals surface area contributed by atoms with E-state index in [1.54, 1.807) is 0 Å². The fourth-order valence-corrected chi connectivity index (χ4v) is 3.47. The SMILES string of the molecule is CN1C(F)(F)C(F)(F)[N](/[Cf]=[C](\F)C(F)(F)F)C(F)(F)C1(F)F. The molecule has 0 saturated carbocycles. The molecule has 1 rings (SSSR count). The number of rotatable bonds is 1. The third-order valence-corrected chi connectivity index (χ3v) is 5.69. The monoisotopic (exact) mass is 592 g/mol. The molecule has 0 unspecified atom stereocenters. The quantitative estimate of drug-likeness (QED) is 0.340. The van der Waals surface area contributed by atoms with Gasteiger partial charge >= 0.3 is 107 Å². The van der Waals surface area contributed by atoms with Gasteiger partial charge in [0, 0.05) is 0 Å². The predicted octanol–water partition coefficient (Wildman–Crippen LogP) is 3.27. The fraction of sp³-hybridized carbons (Fsp3) is 0.857. The molecule has 1 heterocycles. The van der Waals surface area contributed by atoms with Gasteiger partial charge in [0.2, 0.25) is 0 Å². The van der Waals surface area contributed by atoms with Crippen molar-refractivity contribution < 1.29 is 52.7 Å². The standard InChI is InChI=1S/C5H3F8N2.C2F4.Cf/c1-15-4(10,11)2(6,7)14-3(8,9)5(15,12)13;3-1-2(4,5)6;/h1H3;;/q-1;;+1. The van der Waals surface area contributed by atoms with Crippen LogP contribution in [0.5, 0.6) is 0 Å². The summed E-state index contributed by atoms with van der Waals surface area (Å²) in [5.41, 5.74) is 0. The van der Waals surface area contributed by atoms with E-state index in [2.05, 4.69) is 0 Å². The maximum absolute atomic E-state index is 13.3. The van der Waals surface area contributed by atoms with Crippen molar-refractivity contribution in [2.75, 3.05) is 7.05 Å². The third-order valence-electron chi connectivity index (χ3n) is 2.35. The molecule has 0 radical (unpaired) electrons. The summed E-state index contributed by atoms with van der Waals surface area (Å²) in [5, 5.41) is -2.36. The summed E-state index contributed by atoms with van der Waals surface area (Å²) < 4.78 is 149. The molecule has 0 N–H and O–H groups in total. The van der Waals surface area contributed by atoms with E-state index in [9.17, 15) is 52.7 Å². The predicted molar refractivity (Wildman–Crippen MR) is 41.6 cm³/mol. The summed E-state index contributed by atoms with van der Waals surface area (Å²) in [6, 6.07) is -24.2. The third kappa shape index (κ3) is 2.07. The molecule has 1 aliphatic rings. The minimum absolute atomic E-state index is 0.467. The van der Waals surface area contributed by atoms with Gasteiger partial charge in [0.15, 0.2) is 0 Å². The van der Waals surface area contributed by atoms with E-state index < -0.39 is 54.3 Å². The van der Waals surface area contributed by atoms with Gasteiger partial charge in [-0.05, 0) is 0 Å². The van der Waals surface area contributed by atoms with Crippen LogP contribution in [0, 0.1) is 0 Å². The number of likely N-dealkylation sites (N-methyl/N-ethyl adjacent to an activating group) is 1. The Bertz CT molecular complexity index is 454. The Labute approximate surface area is 108 Å². The Kier molecular flexibility index (Phi) is 3.47. The van der Waals surface area contributed by atoms with E-state index in [-0.39, 0.29) is 0 Å². The molecule has 0 aromatic carbocycles. The molecule has 0 spiro atoms. The first-order valence-corrected chi connectivity index (χ1v) is 7.15. The van der Waals surface area contributed by atoms with Crippen molar-refractivity contribution >= 4 is 6.67 Å². The van der Waals surface area contributed by atoms with Gasteiger partial charge in [-0.25, -0.2) is 0 Å². The minimum atomic E-state index is -6.15. The Morgan fingerprint density at radius 3 is 1.36 bits per heavy atom. The van der Waals surface area contributed by atoms with Gasteiger partial charge in [-0.1, -0.05) is 0 Å². The molecule has 0 amide bonds. The molecule has 1 fully saturated rings. The van der Waals surface area contributed by atoms with Crippen molar-refractivity contribution in [2.45, 2.75) is 30.4 Å². The topological polar surface area (TPSA) is 6.48 Å². The molecule has 0 aliphatic carbocycles. The molecule has 0 atom stereocenters. The van der Waals surface area contributed by atoms with E-state index in [0.29, 0.717) is 0 Å². The molecular formula is C7H3CfF12N2. The van der Waals surface area contributed by atoms with Gasteiger partial charge in [-0.2, -0.15) is 0 Å². The first-order chi connectivity index (χ1) is 9.41. The molecule has 2 nitrogen and oxygen atoms in total. The average molecular weight is 594 g/mol. The summed E-state index contributed by atoms with van der Waals surface area (Å²) in [5.74, 6) is 0. The molecule has 1 aliphatic heterocycles. The van der Waals surface area contributed by atoms with E-state index in [1.165, 1.54) is 0 Å². The van der Waals surface area contributed by atoms with Crippen molar-refractivity contribution in [3.8, 4) is 0 Å². The van der Waals surface area contributed by atoms with Gasteiger partial charge in [-0.3, -0.25) is 0 Å². The Hall–Kier alpha value is -2.05. The second kappa shape index (κ2) is 4.24. The zero-order valence-corrected chi connectivity index (χ0v) is 12.4. The van der Waals surface area contributed by atoms with E-state index in [4.69, 9.17) is 0 Å². The van der Waals surface area contributed by atoms with E-state index in [0.717, 1.165) is 0 Å². The van der Waals surface area contributed by atoms with Crippen LogP contribution in [0.4, 0.5) is 52.7 Å². The second-order valence-corrected chi connectivity index (χ2v) is 6.70. The average Bonchev–Trinajstić information content (AvgIpc) is 2.30. The van der Waals surface area contributed by atoms with Gasteiger partial charge in [0.25, 0.3) is 0 Å². The molecule has 0 aromatic heterocycles. The van der Waals surface area contributed by atoms with Crippen molar-refractivity contribution in [3.05, 3.63) is 0 Å². The number of halogens is 12. The molecule has 0 bridgehead atoms. The fourth-order valence-electron chi connectivity index (χ4n) is 1.17. The number of piperazine rings is 1. The summed E-state index contributed by atoms with van der Waals surface area (Å²) >= 11 is 0. The van der Waals surface area contributed by atoms with Gasteiger partial charge in [-0.15, -0.1) is 0 Å². The van der Waals surface area contributed by atoms with Crippen LogP contribution in [0.3, 0.4) is 0 Å². The van der Waals surface area contributed by atoms with Crippen molar-refractivity contribution in [3.63, 3.8) is 0 Å². The van der Waals surface area contributed by atoms with Crippen LogP contribution in [-0.2, 0) is 0 Å². The molecule has 22 heavy (non-hydrogen) atoms. The van der Waals surface area contributed by atoms with Crippen LogP contribution in [-0.4, -0.2) is 54.3 Å². The normalized spacial score (nSPS) is 28.3. The Morgan fingerprint density at radius 1 is 0.773 bits per heavy atom. The van der Waals surface area contributed by atoms with Crippen molar-refractivity contribution in [2.24, 2.45) is 0 Å². The molecule has 135 valence electrons. The number of alkyl halides is 11. The van der Waals surface area contributed by atoms with Crippen LogP contribution in [0.2, 0.25) is 0 Å². The van der Waals surface area contributed by atoms with Crippen LogP contribution in [0.25, 0.3) is 0 Å². The first kappa shape index (κ1) is 18.0. The summed E-state index contributed by atoms with van der Waals surface area (Å²) in [7, 11) is -0.467. The molecular weight excluding hydrogens is 591 g/mol. The summed E-state index contributed by atoms with van der Waals surface area (Å²) in [6.07, 6.45) is -6.00. The number of hydrogen-bond acceptors (Lipinski definition) is 2. The molecule has 1 saturated heterocycles. The van der Waals surface area contributed by atoms with E-state index in [1.807, 2.05) is 0 Å². The zero-order valence-electron chi connectivity index (χ0n) is 9.75. The second-order valence-electron chi connectivity index (χ2n) is 3.78. The zero-order chi connectivity index (χ0) is 17.9. The van der Waals surface area contributed by atoms with Crippen LogP contribution in [0.1, 0.15) is 0 Å². The van der Waals surface area contributed by atoms with Crippen molar-refractivity contribution in [1.82, 2.24) is 10.2 Å². The van der Waals surface area contributed by atoms with Gasteiger partial charge < -0.3 is 0 Å². The van der Waals surface area contributed by atoms with Crippen LogP contribution < -0.4 is 0 Å². The number of hydrogen-bond donors (Lipinski definition) is 0. The molecule has 0 aromatic rings. The van der Waals surface area contributed by atoms with Crippen LogP contribution >= 0.6 is 0 Å². The number of nitrogens with zero attached hydrogens (tertiary/aromatic N) is 2. The molecule has 15 heteroatoms. The Balaban J connectivity index is 3.58. The van der Waals surface area contributed by atoms with Gasteiger partial charge in [0.05, 0.1) is 0 Å². The van der Waals surface area contributed by atoms with Crippen molar-refractivity contribution in [1.29, 1.82) is 0 Å². The van der Waals surface area contributed by atoms with E-state index >= 15 is 0 Å². The summed E-state index contributed by atoms with van der Waals surface area (Å²) in [4.78, 5) is -1.96. The first-order valence-electron chi connectivity index (χ1n) is 4.66. The summed E-state index contributed by atoms with van der Waals surface area (Å²) in [6.45, 7) is -3.42. The Morgan fingerprint density at radius 2 is 1.09 bits per heavy atom. The maximum atomic E-state index is 13.3.